The van der Waals surface area contributed by atoms with Gasteiger partial charge >= 0.3 is 11.8 Å². The predicted molar refractivity (Wildman–Crippen MR) is 93.8 cm³/mol. The van der Waals surface area contributed by atoms with E-state index in [0.29, 0.717) is 31.1 Å². The van der Waals surface area contributed by atoms with Gasteiger partial charge in [-0.3, -0.25) is 9.59 Å². The summed E-state index contributed by atoms with van der Waals surface area (Å²) in [6, 6.07) is 11.6. The third-order valence-corrected chi connectivity index (χ3v) is 6.21. The molecular formula is C20H21N3O3. The maximum atomic E-state index is 12.7. The van der Waals surface area contributed by atoms with Crippen LogP contribution >= 0.6 is 0 Å². The van der Waals surface area contributed by atoms with Gasteiger partial charge in [-0.15, -0.1) is 0 Å². The summed E-state index contributed by atoms with van der Waals surface area (Å²) in [6.07, 6.45) is 4.41. The van der Waals surface area contributed by atoms with Crippen molar-refractivity contribution in [1.82, 2.24) is 15.0 Å². The van der Waals surface area contributed by atoms with Gasteiger partial charge in [0.2, 0.25) is 0 Å². The van der Waals surface area contributed by atoms with Crippen LogP contribution < -0.4 is 0 Å². The molecular weight excluding hydrogens is 330 g/mol. The third kappa shape index (κ3) is 2.35. The normalized spacial score (nSPS) is 27.8. The number of hydrogen-bond acceptors (Lipinski definition) is 4. The highest BCUT2D eigenvalue weighted by Crippen LogP contribution is 2.55. The van der Waals surface area contributed by atoms with Gasteiger partial charge in [0.05, 0.1) is 6.54 Å². The summed E-state index contributed by atoms with van der Waals surface area (Å²) >= 11 is 0. The van der Waals surface area contributed by atoms with Crippen molar-refractivity contribution in [2.45, 2.75) is 37.8 Å². The topological polar surface area (TPSA) is 66.7 Å². The quantitative estimate of drug-likeness (QED) is 0.794. The van der Waals surface area contributed by atoms with Crippen molar-refractivity contribution in [3.8, 4) is 11.3 Å². The van der Waals surface area contributed by atoms with Gasteiger partial charge in [0.25, 0.3) is 0 Å². The van der Waals surface area contributed by atoms with Crippen LogP contribution in [-0.2, 0) is 16.1 Å². The zero-order chi connectivity index (χ0) is 17.7. The lowest BCUT2D eigenvalue weighted by Crippen LogP contribution is -2.63. The molecule has 0 atom stereocenters. The fraction of sp³-hybridized carbons (Fsp3) is 0.450. The van der Waals surface area contributed by atoms with Crippen molar-refractivity contribution in [2.75, 3.05) is 13.1 Å². The highest BCUT2D eigenvalue weighted by Gasteiger charge is 2.57. The van der Waals surface area contributed by atoms with Crippen LogP contribution in [0.1, 0.15) is 31.4 Å². The molecule has 1 aliphatic heterocycles. The Labute approximate surface area is 151 Å². The zero-order valence-corrected chi connectivity index (χ0v) is 14.6. The summed E-state index contributed by atoms with van der Waals surface area (Å²) < 4.78 is 5.40. The molecule has 1 aromatic carbocycles. The number of fused-ring (bicyclic) bond motifs is 1. The van der Waals surface area contributed by atoms with Crippen molar-refractivity contribution >= 4 is 11.8 Å². The molecule has 2 aromatic rings. The number of hydrogen-bond donors (Lipinski definition) is 0. The van der Waals surface area contributed by atoms with Crippen LogP contribution in [-0.4, -0.2) is 45.4 Å². The van der Waals surface area contributed by atoms with Crippen molar-refractivity contribution in [3.05, 3.63) is 42.1 Å². The van der Waals surface area contributed by atoms with Crippen molar-refractivity contribution < 1.29 is 14.1 Å². The highest BCUT2D eigenvalue weighted by molar-refractivity contribution is 6.35. The first-order valence-electron chi connectivity index (χ1n) is 9.27. The zero-order valence-electron chi connectivity index (χ0n) is 14.6. The lowest BCUT2D eigenvalue weighted by atomic mass is 9.75. The molecule has 26 heavy (non-hydrogen) atoms. The minimum absolute atomic E-state index is 0.0160. The van der Waals surface area contributed by atoms with Gasteiger partial charge < -0.3 is 14.3 Å². The van der Waals surface area contributed by atoms with Gasteiger partial charge in [-0.2, -0.15) is 0 Å². The van der Waals surface area contributed by atoms with E-state index in [9.17, 15) is 9.59 Å². The van der Waals surface area contributed by atoms with Crippen LogP contribution in [0.25, 0.3) is 11.3 Å². The Balaban J connectivity index is 1.28. The third-order valence-electron chi connectivity index (χ3n) is 6.21. The molecule has 1 aromatic heterocycles. The molecule has 0 unspecified atom stereocenters. The highest BCUT2D eigenvalue weighted by atomic mass is 16.5. The summed E-state index contributed by atoms with van der Waals surface area (Å²) in [5.74, 6) is 0.680. The molecule has 0 N–H and O–H groups in total. The monoisotopic (exact) mass is 351 g/mol. The Hall–Kier alpha value is -2.63. The van der Waals surface area contributed by atoms with Crippen LogP contribution in [0.15, 0.2) is 40.9 Å². The van der Waals surface area contributed by atoms with E-state index >= 15 is 0 Å². The number of carbonyl (C=O) groups is 2. The number of piperazine rings is 1. The van der Waals surface area contributed by atoms with E-state index in [1.54, 1.807) is 4.90 Å². The Bertz CT molecular complexity index is 849. The Morgan fingerprint density at radius 2 is 1.92 bits per heavy atom. The van der Waals surface area contributed by atoms with Gasteiger partial charge in [0, 0.05) is 30.3 Å². The summed E-state index contributed by atoms with van der Waals surface area (Å²) in [6.45, 7) is 1.50. The first kappa shape index (κ1) is 15.6. The molecule has 1 saturated heterocycles. The Kier molecular flexibility index (Phi) is 3.42. The molecule has 2 amide bonds. The fourth-order valence-electron chi connectivity index (χ4n) is 4.85. The first-order chi connectivity index (χ1) is 12.6. The maximum Gasteiger partial charge on any atom is 0.312 e. The van der Waals surface area contributed by atoms with E-state index in [4.69, 9.17) is 4.52 Å². The standard InChI is InChI=1S/C20H21N3O3/c24-18-19(25)23(20-7-6-14(11-20)12-20)9-8-22(18)13-16-10-17(26-21-16)15-4-2-1-3-5-15/h1-5,10,14H,6-9,11-13H2. The molecule has 3 aliphatic carbocycles. The number of nitrogens with zero attached hydrogens (tertiary/aromatic N) is 3. The van der Waals surface area contributed by atoms with Gasteiger partial charge in [0.1, 0.15) is 5.69 Å². The van der Waals surface area contributed by atoms with Crippen LogP contribution in [0, 0.1) is 5.92 Å². The fourth-order valence-corrected chi connectivity index (χ4v) is 4.85. The van der Waals surface area contributed by atoms with E-state index in [2.05, 4.69) is 5.16 Å². The lowest BCUT2D eigenvalue weighted by Gasteiger charge is -2.50. The smallest absolute Gasteiger partial charge is 0.312 e. The molecule has 134 valence electrons. The van der Waals surface area contributed by atoms with Crippen molar-refractivity contribution in [2.24, 2.45) is 5.92 Å². The molecule has 0 radical (unpaired) electrons. The molecule has 6 nitrogen and oxygen atoms in total. The number of benzene rings is 1. The van der Waals surface area contributed by atoms with E-state index in [-0.39, 0.29) is 11.4 Å². The largest absolute Gasteiger partial charge is 0.356 e. The average Bonchev–Trinajstić information content (AvgIpc) is 3.35. The van der Waals surface area contributed by atoms with Crippen LogP contribution in [0.4, 0.5) is 0 Å². The summed E-state index contributed by atoms with van der Waals surface area (Å²) in [5, 5.41) is 4.07. The number of aromatic nitrogens is 1. The van der Waals surface area contributed by atoms with Crippen LogP contribution in [0.3, 0.4) is 0 Å². The molecule has 0 spiro atoms. The first-order valence-corrected chi connectivity index (χ1v) is 9.27. The lowest BCUT2D eigenvalue weighted by molar-refractivity contribution is -0.163. The molecule has 2 heterocycles. The van der Waals surface area contributed by atoms with Gasteiger partial charge in [-0.1, -0.05) is 35.5 Å². The van der Waals surface area contributed by atoms with E-state index < -0.39 is 5.91 Å². The predicted octanol–water partition coefficient (Wildman–Crippen LogP) is 2.46. The van der Waals surface area contributed by atoms with Gasteiger partial charge in [-0.25, -0.2) is 0 Å². The Morgan fingerprint density at radius 1 is 1.12 bits per heavy atom. The molecule has 4 fully saturated rings. The molecule has 4 aliphatic rings. The second-order valence-corrected chi connectivity index (χ2v) is 7.77. The molecule has 3 saturated carbocycles. The summed E-state index contributed by atoms with van der Waals surface area (Å²) in [7, 11) is 0. The summed E-state index contributed by atoms with van der Waals surface area (Å²) in [5.41, 5.74) is 1.59. The molecule has 6 heteroatoms. The van der Waals surface area contributed by atoms with E-state index in [1.807, 2.05) is 41.3 Å². The molecule has 2 bridgehead atoms. The number of amides is 2. The molecule has 6 rings (SSSR count). The van der Waals surface area contributed by atoms with Crippen LogP contribution in [0.2, 0.25) is 0 Å². The Morgan fingerprint density at radius 3 is 2.65 bits per heavy atom. The van der Waals surface area contributed by atoms with Gasteiger partial charge in [0.15, 0.2) is 5.76 Å². The minimum atomic E-state index is -0.412. The number of rotatable bonds is 4. The summed E-state index contributed by atoms with van der Waals surface area (Å²) in [4.78, 5) is 28.7. The second kappa shape index (κ2) is 5.69. The van der Waals surface area contributed by atoms with Crippen molar-refractivity contribution in [3.63, 3.8) is 0 Å². The van der Waals surface area contributed by atoms with E-state index in [0.717, 1.165) is 30.7 Å². The van der Waals surface area contributed by atoms with E-state index in [1.165, 1.54) is 6.42 Å². The minimum Gasteiger partial charge on any atom is -0.356 e. The SMILES string of the molecule is O=C1C(=O)N(C23CCC(C2)C3)CCN1Cc1cc(-c2ccccc2)on1. The van der Waals surface area contributed by atoms with Gasteiger partial charge in [-0.05, 0) is 31.6 Å². The van der Waals surface area contributed by atoms with Crippen LogP contribution in [0.5, 0.6) is 0 Å². The average molecular weight is 351 g/mol. The number of carbonyl (C=O) groups excluding carboxylic acids is 2. The second-order valence-electron chi connectivity index (χ2n) is 7.77. The van der Waals surface area contributed by atoms with Crippen molar-refractivity contribution in [1.29, 1.82) is 0 Å². The maximum absolute atomic E-state index is 12.7.